The lowest BCUT2D eigenvalue weighted by Gasteiger charge is -2.35. The summed E-state index contributed by atoms with van der Waals surface area (Å²) in [7, 11) is 0. The standard InChI is InChI=1S/C26H25N5O/c1-18-5-2-6-20-13-16-28-25(24(18)20)31(22-7-3-14-27-17-22)26(32)21-11-9-19(10-12-21)23-8-4-15-29-30-23/h2,4-6,8-13,15-16,22,27H,3,7,14,17H2,1H3/t22-/m1/s1. The molecule has 2 aromatic heterocycles. The number of hydrogen-bond donors (Lipinski definition) is 1. The number of benzene rings is 2. The van der Waals surface area contributed by atoms with Crippen LogP contribution in [0.1, 0.15) is 28.8 Å². The maximum atomic E-state index is 13.9. The molecule has 0 radical (unpaired) electrons. The number of carbonyl (C=O) groups is 1. The first-order chi connectivity index (χ1) is 15.7. The highest BCUT2D eigenvalue weighted by Crippen LogP contribution is 2.31. The van der Waals surface area contributed by atoms with Crippen LogP contribution in [0.15, 0.2) is 73.1 Å². The van der Waals surface area contributed by atoms with Crippen LogP contribution in [0.4, 0.5) is 5.82 Å². The van der Waals surface area contributed by atoms with Crippen LogP contribution in [0.5, 0.6) is 0 Å². The molecule has 1 N–H and O–H groups in total. The van der Waals surface area contributed by atoms with E-state index in [0.717, 1.165) is 59.3 Å². The van der Waals surface area contributed by atoms with Gasteiger partial charge in [-0.25, -0.2) is 4.98 Å². The molecule has 0 spiro atoms. The lowest BCUT2D eigenvalue weighted by atomic mass is 10.0. The van der Waals surface area contributed by atoms with Gasteiger partial charge in [-0.3, -0.25) is 9.69 Å². The van der Waals surface area contributed by atoms with E-state index in [9.17, 15) is 4.79 Å². The summed E-state index contributed by atoms with van der Waals surface area (Å²) in [5, 5.41) is 13.7. The van der Waals surface area contributed by atoms with E-state index >= 15 is 0 Å². The minimum Gasteiger partial charge on any atom is -0.315 e. The van der Waals surface area contributed by atoms with Crippen molar-refractivity contribution in [1.29, 1.82) is 0 Å². The fraction of sp³-hybridized carbons (Fsp3) is 0.231. The van der Waals surface area contributed by atoms with E-state index in [4.69, 9.17) is 4.98 Å². The molecule has 2 aromatic carbocycles. The van der Waals surface area contributed by atoms with Crippen LogP contribution in [0, 0.1) is 6.92 Å². The van der Waals surface area contributed by atoms with E-state index in [1.807, 2.05) is 53.4 Å². The van der Waals surface area contributed by atoms with E-state index in [1.165, 1.54) is 0 Å². The number of nitrogens with zero attached hydrogens (tertiary/aromatic N) is 4. The van der Waals surface area contributed by atoms with Gasteiger partial charge < -0.3 is 5.32 Å². The SMILES string of the molecule is Cc1cccc2ccnc(N(C(=O)c3ccc(-c4cccnn4)cc3)[C@@H]3CCCNC3)c12. The summed E-state index contributed by atoms with van der Waals surface area (Å²) in [6, 6.07) is 19.6. The number of rotatable bonds is 4. The Kier molecular flexibility index (Phi) is 5.60. The molecule has 3 heterocycles. The molecule has 4 aromatic rings. The molecule has 0 saturated carbocycles. The lowest BCUT2D eigenvalue weighted by Crippen LogP contribution is -2.49. The first-order valence-corrected chi connectivity index (χ1v) is 11.0. The summed E-state index contributed by atoms with van der Waals surface area (Å²) >= 11 is 0. The van der Waals surface area contributed by atoms with Crippen molar-refractivity contribution in [3.8, 4) is 11.3 Å². The second-order valence-electron chi connectivity index (χ2n) is 8.17. The van der Waals surface area contributed by atoms with Gasteiger partial charge in [-0.2, -0.15) is 10.2 Å². The van der Waals surface area contributed by atoms with E-state index in [2.05, 4.69) is 34.6 Å². The zero-order chi connectivity index (χ0) is 21.9. The fourth-order valence-corrected chi connectivity index (χ4v) is 4.44. The van der Waals surface area contributed by atoms with Gasteiger partial charge in [-0.15, -0.1) is 0 Å². The summed E-state index contributed by atoms with van der Waals surface area (Å²) in [6.45, 7) is 3.81. The Morgan fingerprint density at radius 1 is 1.03 bits per heavy atom. The largest absolute Gasteiger partial charge is 0.315 e. The summed E-state index contributed by atoms with van der Waals surface area (Å²) in [5.74, 6) is 0.699. The number of anilines is 1. The van der Waals surface area contributed by atoms with Gasteiger partial charge in [-0.1, -0.05) is 30.3 Å². The van der Waals surface area contributed by atoms with Crippen molar-refractivity contribution in [3.05, 3.63) is 84.2 Å². The normalized spacial score (nSPS) is 16.1. The first kappa shape index (κ1) is 20.3. The van der Waals surface area contributed by atoms with E-state index in [1.54, 1.807) is 12.4 Å². The fourth-order valence-electron chi connectivity index (χ4n) is 4.44. The molecule has 32 heavy (non-hydrogen) atoms. The van der Waals surface area contributed by atoms with Gasteiger partial charge >= 0.3 is 0 Å². The Morgan fingerprint density at radius 3 is 2.66 bits per heavy atom. The van der Waals surface area contributed by atoms with Gasteiger partial charge in [0.25, 0.3) is 5.91 Å². The number of hydrogen-bond acceptors (Lipinski definition) is 5. The Bertz CT molecular complexity index is 1230. The van der Waals surface area contributed by atoms with Crippen LogP contribution in [-0.4, -0.2) is 40.2 Å². The summed E-state index contributed by atoms with van der Waals surface area (Å²) < 4.78 is 0. The van der Waals surface area contributed by atoms with Crippen molar-refractivity contribution in [3.63, 3.8) is 0 Å². The molecule has 6 heteroatoms. The zero-order valence-corrected chi connectivity index (χ0v) is 18.0. The topological polar surface area (TPSA) is 71.0 Å². The predicted molar refractivity (Wildman–Crippen MR) is 127 cm³/mol. The molecule has 1 atom stereocenters. The molecule has 160 valence electrons. The summed E-state index contributed by atoms with van der Waals surface area (Å²) in [6.07, 6.45) is 5.42. The van der Waals surface area contributed by atoms with Crippen molar-refractivity contribution < 1.29 is 4.79 Å². The number of amides is 1. The molecule has 6 nitrogen and oxygen atoms in total. The monoisotopic (exact) mass is 423 g/mol. The highest BCUT2D eigenvalue weighted by Gasteiger charge is 2.30. The third kappa shape index (κ3) is 3.85. The average Bonchev–Trinajstić information content (AvgIpc) is 2.86. The van der Waals surface area contributed by atoms with E-state index in [-0.39, 0.29) is 11.9 Å². The van der Waals surface area contributed by atoms with Crippen molar-refractivity contribution >= 4 is 22.5 Å². The minimum atomic E-state index is -0.0346. The van der Waals surface area contributed by atoms with Gasteiger partial charge in [-0.05, 0) is 67.6 Å². The van der Waals surface area contributed by atoms with Crippen molar-refractivity contribution in [1.82, 2.24) is 20.5 Å². The maximum Gasteiger partial charge on any atom is 0.259 e. The Morgan fingerprint density at radius 2 is 1.91 bits per heavy atom. The average molecular weight is 424 g/mol. The van der Waals surface area contributed by atoms with Crippen LogP contribution in [-0.2, 0) is 0 Å². The third-order valence-corrected chi connectivity index (χ3v) is 6.06. The highest BCUT2D eigenvalue weighted by molar-refractivity contribution is 6.10. The summed E-state index contributed by atoms with van der Waals surface area (Å²) in [5.41, 5.74) is 3.46. The van der Waals surface area contributed by atoms with E-state index < -0.39 is 0 Å². The number of aryl methyl sites for hydroxylation is 1. The molecule has 1 aliphatic heterocycles. The van der Waals surface area contributed by atoms with Gasteiger partial charge in [0.1, 0.15) is 5.82 Å². The number of nitrogens with one attached hydrogen (secondary N) is 1. The van der Waals surface area contributed by atoms with Crippen LogP contribution in [0.3, 0.4) is 0 Å². The van der Waals surface area contributed by atoms with Gasteiger partial charge in [0.05, 0.1) is 11.7 Å². The second-order valence-corrected chi connectivity index (χ2v) is 8.17. The third-order valence-electron chi connectivity index (χ3n) is 6.06. The Labute approximate surface area is 187 Å². The highest BCUT2D eigenvalue weighted by atomic mass is 16.2. The van der Waals surface area contributed by atoms with Gasteiger partial charge in [0.15, 0.2) is 0 Å². The molecule has 5 rings (SSSR count). The molecule has 0 unspecified atom stereocenters. The van der Waals surface area contributed by atoms with Gasteiger partial charge in [0, 0.05) is 35.5 Å². The molecular weight excluding hydrogens is 398 g/mol. The van der Waals surface area contributed by atoms with Crippen LogP contribution < -0.4 is 10.2 Å². The molecule has 1 fully saturated rings. The van der Waals surface area contributed by atoms with Crippen LogP contribution in [0.2, 0.25) is 0 Å². The number of pyridine rings is 1. The van der Waals surface area contributed by atoms with Crippen molar-refractivity contribution in [2.45, 2.75) is 25.8 Å². The molecule has 1 amide bonds. The number of piperidine rings is 1. The quantitative estimate of drug-likeness (QED) is 0.527. The molecule has 0 bridgehead atoms. The number of aromatic nitrogens is 3. The van der Waals surface area contributed by atoms with Crippen LogP contribution in [0.25, 0.3) is 22.0 Å². The Hall–Kier alpha value is -3.64. The molecule has 0 aliphatic carbocycles. The molecular formula is C26H25N5O. The van der Waals surface area contributed by atoms with Crippen molar-refractivity contribution in [2.75, 3.05) is 18.0 Å². The maximum absolute atomic E-state index is 13.9. The van der Waals surface area contributed by atoms with Gasteiger partial charge in [0.2, 0.25) is 0 Å². The second kappa shape index (κ2) is 8.85. The zero-order valence-electron chi connectivity index (χ0n) is 18.0. The lowest BCUT2D eigenvalue weighted by molar-refractivity contribution is 0.0972. The smallest absolute Gasteiger partial charge is 0.259 e. The first-order valence-electron chi connectivity index (χ1n) is 11.0. The Balaban J connectivity index is 1.57. The van der Waals surface area contributed by atoms with Crippen molar-refractivity contribution in [2.24, 2.45) is 0 Å². The molecule has 1 saturated heterocycles. The number of carbonyl (C=O) groups excluding carboxylic acids is 1. The minimum absolute atomic E-state index is 0.0346. The number of fused-ring (bicyclic) bond motifs is 1. The van der Waals surface area contributed by atoms with E-state index in [0.29, 0.717) is 5.56 Å². The predicted octanol–water partition coefficient (Wildman–Crippen LogP) is 4.40. The molecule has 1 aliphatic rings. The summed E-state index contributed by atoms with van der Waals surface area (Å²) in [4.78, 5) is 20.5. The van der Waals surface area contributed by atoms with Crippen LogP contribution >= 0.6 is 0 Å².